The Morgan fingerprint density at radius 2 is 1.72 bits per heavy atom. The number of alkyl halides is 3. The number of nitrogens with zero attached hydrogens (tertiary/aromatic N) is 3. The Morgan fingerprint density at radius 1 is 1.05 bits per heavy atom. The quantitative estimate of drug-likeness (QED) is 0.456. The first-order valence-corrected chi connectivity index (χ1v) is 15.2. The van der Waals surface area contributed by atoms with Crippen molar-refractivity contribution < 1.29 is 26.4 Å². The minimum Gasteiger partial charge on any atom is -0.364 e. The molecule has 2 aromatic rings. The molecule has 1 aromatic heterocycles. The fourth-order valence-electron chi connectivity index (χ4n) is 5.98. The molecule has 212 valence electrons. The summed E-state index contributed by atoms with van der Waals surface area (Å²) < 4.78 is 65.7. The maximum absolute atomic E-state index is 13.1. The average Bonchev–Trinajstić information content (AvgIpc) is 3.16. The van der Waals surface area contributed by atoms with E-state index in [-0.39, 0.29) is 48.0 Å². The predicted molar refractivity (Wildman–Crippen MR) is 142 cm³/mol. The molecule has 1 amide bonds. The zero-order valence-corrected chi connectivity index (χ0v) is 22.8. The number of benzene rings is 1. The lowest BCUT2D eigenvalue weighted by Gasteiger charge is -2.32. The van der Waals surface area contributed by atoms with Crippen LogP contribution in [-0.4, -0.2) is 66.8 Å². The number of rotatable bonds is 6. The molecule has 14 heteroatoms. The summed E-state index contributed by atoms with van der Waals surface area (Å²) in [4.78, 5) is 21.7. The molecule has 0 unspecified atom stereocenters. The van der Waals surface area contributed by atoms with Crippen molar-refractivity contribution >= 4 is 45.0 Å². The SMILES string of the molecule is CS(=O)(=O)N[C@@H]1CCCC[C@H]1Nc1nc(Nc2ccc3c(c2)[C@@H]2CC[C@H]3CN(C(=O)C(F)(F)F)C2)ncc1Cl. The number of hydrogen-bond acceptors (Lipinski definition) is 7. The Balaban J connectivity index is 1.33. The van der Waals surface area contributed by atoms with Gasteiger partial charge in [-0.15, -0.1) is 0 Å². The second kappa shape index (κ2) is 10.7. The van der Waals surface area contributed by atoms with Gasteiger partial charge in [0.25, 0.3) is 0 Å². The van der Waals surface area contributed by atoms with Gasteiger partial charge in [0, 0.05) is 42.7 Å². The monoisotopic (exact) mass is 586 g/mol. The fourth-order valence-corrected chi connectivity index (χ4v) is 6.95. The van der Waals surface area contributed by atoms with Crippen LogP contribution in [0.2, 0.25) is 5.02 Å². The Morgan fingerprint density at radius 3 is 2.38 bits per heavy atom. The van der Waals surface area contributed by atoms with E-state index in [1.165, 1.54) is 6.20 Å². The minimum atomic E-state index is -4.89. The number of amides is 1. The summed E-state index contributed by atoms with van der Waals surface area (Å²) in [5.41, 5.74) is 2.56. The lowest BCUT2D eigenvalue weighted by molar-refractivity contribution is -0.185. The van der Waals surface area contributed by atoms with Crippen molar-refractivity contribution in [2.24, 2.45) is 0 Å². The lowest BCUT2D eigenvalue weighted by atomic mass is 9.78. The van der Waals surface area contributed by atoms with Gasteiger partial charge in [-0.25, -0.2) is 18.1 Å². The topological polar surface area (TPSA) is 116 Å². The first kappa shape index (κ1) is 27.9. The minimum absolute atomic E-state index is 0.0287. The first-order chi connectivity index (χ1) is 18.4. The van der Waals surface area contributed by atoms with Crippen LogP contribution in [0.3, 0.4) is 0 Å². The van der Waals surface area contributed by atoms with Crippen molar-refractivity contribution in [3.05, 3.63) is 40.5 Å². The third kappa shape index (κ3) is 6.41. The molecule has 1 saturated carbocycles. The molecule has 3 N–H and O–H groups in total. The zero-order chi connectivity index (χ0) is 27.9. The molecular weight excluding hydrogens is 557 g/mol. The van der Waals surface area contributed by atoms with Gasteiger partial charge in [0.1, 0.15) is 5.02 Å². The molecule has 2 bridgehead atoms. The molecule has 3 heterocycles. The number of anilines is 3. The summed E-state index contributed by atoms with van der Waals surface area (Å²) >= 11 is 6.36. The number of sulfonamides is 1. The van der Waals surface area contributed by atoms with Gasteiger partial charge in [-0.05, 0) is 48.9 Å². The van der Waals surface area contributed by atoms with Crippen LogP contribution in [0.1, 0.15) is 61.5 Å². The van der Waals surface area contributed by atoms with Crippen LogP contribution in [0.15, 0.2) is 24.4 Å². The highest BCUT2D eigenvalue weighted by Crippen LogP contribution is 2.44. The van der Waals surface area contributed by atoms with E-state index in [2.05, 4.69) is 25.3 Å². The first-order valence-electron chi connectivity index (χ1n) is 12.9. The zero-order valence-electron chi connectivity index (χ0n) is 21.3. The van der Waals surface area contributed by atoms with Crippen molar-refractivity contribution in [3.63, 3.8) is 0 Å². The molecule has 39 heavy (non-hydrogen) atoms. The third-order valence-electron chi connectivity index (χ3n) is 7.70. The second-order valence-electron chi connectivity index (χ2n) is 10.6. The number of fused-ring (bicyclic) bond motifs is 3. The van der Waals surface area contributed by atoms with Crippen LogP contribution in [0.4, 0.5) is 30.6 Å². The van der Waals surface area contributed by atoms with Gasteiger partial charge >= 0.3 is 12.1 Å². The van der Waals surface area contributed by atoms with Crippen molar-refractivity contribution in [1.82, 2.24) is 19.6 Å². The van der Waals surface area contributed by atoms with E-state index in [4.69, 9.17) is 11.6 Å². The van der Waals surface area contributed by atoms with E-state index >= 15 is 0 Å². The van der Waals surface area contributed by atoms with E-state index in [9.17, 15) is 26.4 Å². The highest BCUT2D eigenvalue weighted by atomic mass is 35.5. The van der Waals surface area contributed by atoms with Crippen LogP contribution in [0.5, 0.6) is 0 Å². The Kier molecular flexibility index (Phi) is 7.68. The van der Waals surface area contributed by atoms with Gasteiger partial charge in [-0.2, -0.15) is 18.2 Å². The summed E-state index contributed by atoms with van der Waals surface area (Å²) in [6.07, 6.45) is 2.44. The van der Waals surface area contributed by atoms with Gasteiger partial charge in [0.05, 0.1) is 12.5 Å². The van der Waals surface area contributed by atoms with Gasteiger partial charge < -0.3 is 15.5 Å². The standard InChI is InChI=1S/C25H30ClF3N6O3S/c1-39(37,38)34-21-5-3-2-4-20(21)32-22-19(26)11-30-24(33-22)31-16-8-9-17-14-6-7-15(18(17)10-16)13-35(12-14)23(36)25(27,28)29/h8-11,14-15,20-21,34H,2-7,12-13H2,1H3,(H2,30,31,32,33)/t14-,15+,20+,21+/m0/s1. The predicted octanol–water partition coefficient (Wildman–Crippen LogP) is 4.51. The van der Waals surface area contributed by atoms with Gasteiger partial charge in [-0.3, -0.25) is 4.79 Å². The number of nitrogens with one attached hydrogen (secondary N) is 3. The maximum Gasteiger partial charge on any atom is 0.471 e. The van der Waals surface area contributed by atoms with Crippen molar-refractivity contribution in [2.75, 3.05) is 30.0 Å². The molecule has 4 atom stereocenters. The fraction of sp³-hybridized carbons (Fsp3) is 0.560. The van der Waals surface area contributed by atoms with Gasteiger partial charge in [0.15, 0.2) is 5.82 Å². The highest BCUT2D eigenvalue weighted by Gasteiger charge is 2.46. The van der Waals surface area contributed by atoms with E-state index in [0.717, 1.165) is 48.0 Å². The average molecular weight is 587 g/mol. The van der Waals surface area contributed by atoms with E-state index < -0.39 is 22.1 Å². The van der Waals surface area contributed by atoms with E-state index in [1.54, 1.807) is 0 Å². The molecule has 0 radical (unpaired) electrons. The van der Waals surface area contributed by atoms with Crippen LogP contribution >= 0.6 is 11.6 Å². The molecule has 2 aliphatic carbocycles. The summed E-state index contributed by atoms with van der Waals surface area (Å²) in [6.45, 7) is 0.0845. The second-order valence-corrected chi connectivity index (χ2v) is 12.8. The van der Waals surface area contributed by atoms with Crippen LogP contribution < -0.4 is 15.4 Å². The number of carbonyl (C=O) groups excluding carboxylic acids is 1. The number of aromatic nitrogens is 2. The van der Waals surface area contributed by atoms with E-state index in [1.807, 2.05) is 18.2 Å². The normalized spacial score (nSPS) is 25.1. The molecule has 2 aliphatic heterocycles. The van der Waals surface area contributed by atoms with Crippen molar-refractivity contribution in [2.45, 2.75) is 68.6 Å². The lowest BCUT2D eigenvalue weighted by Crippen LogP contribution is -2.48. The maximum atomic E-state index is 13.1. The summed E-state index contributed by atoms with van der Waals surface area (Å²) in [5.74, 6) is -1.49. The van der Waals surface area contributed by atoms with E-state index in [0.29, 0.717) is 24.3 Å². The molecule has 0 spiro atoms. The summed E-state index contributed by atoms with van der Waals surface area (Å²) in [6, 6.07) is 5.13. The largest absolute Gasteiger partial charge is 0.471 e. The Bertz CT molecular complexity index is 1360. The molecule has 1 saturated heterocycles. The number of carbonyl (C=O) groups is 1. The third-order valence-corrected chi connectivity index (χ3v) is 8.70. The molecule has 2 fully saturated rings. The highest BCUT2D eigenvalue weighted by molar-refractivity contribution is 7.88. The number of halogens is 4. The van der Waals surface area contributed by atoms with Gasteiger partial charge in [0.2, 0.25) is 16.0 Å². The van der Waals surface area contributed by atoms with Crippen LogP contribution in [-0.2, 0) is 14.8 Å². The Labute approximate surface area is 230 Å². The number of hydrogen-bond donors (Lipinski definition) is 3. The van der Waals surface area contributed by atoms with Crippen molar-refractivity contribution in [1.29, 1.82) is 0 Å². The van der Waals surface area contributed by atoms with Crippen LogP contribution in [0.25, 0.3) is 0 Å². The van der Waals surface area contributed by atoms with Crippen molar-refractivity contribution in [3.8, 4) is 0 Å². The molecule has 4 aliphatic rings. The smallest absolute Gasteiger partial charge is 0.364 e. The summed E-state index contributed by atoms with van der Waals surface area (Å²) in [7, 11) is -3.38. The Hall–Kier alpha value is -2.64. The van der Waals surface area contributed by atoms with Gasteiger partial charge in [-0.1, -0.05) is 30.5 Å². The molecule has 1 aromatic carbocycles. The van der Waals surface area contributed by atoms with Crippen LogP contribution in [0, 0.1) is 0 Å². The molecule has 6 rings (SSSR count). The molecular formula is C25H30ClF3N6O3S. The molecule has 9 nitrogen and oxygen atoms in total. The summed E-state index contributed by atoms with van der Waals surface area (Å²) in [5, 5.41) is 6.72.